The first-order chi connectivity index (χ1) is 17.6. The van der Waals surface area contributed by atoms with Crippen molar-refractivity contribution in [1.82, 2.24) is 14.8 Å². The molecule has 0 radical (unpaired) electrons. The van der Waals surface area contributed by atoms with Gasteiger partial charge in [0, 0.05) is 69.9 Å². The van der Waals surface area contributed by atoms with Crippen molar-refractivity contribution in [2.45, 2.75) is 83.1 Å². The van der Waals surface area contributed by atoms with Crippen molar-refractivity contribution in [3.8, 4) is 0 Å². The number of carbonyl (C=O) groups excluding carboxylic acids is 2. The minimum atomic E-state index is 0.0117. The predicted octanol–water partition coefficient (Wildman–Crippen LogP) is 4.16. The number of aromatic nitrogens is 1. The van der Waals surface area contributed by atoms with E-state index in [1.54, 1.807) is 6.92 Å². The second-order valence-corrected chi connectivity index (χ2v) is 10.5. The number of benzene rings is 1. The molecule has 0 spiro atoms. The molecule has 3 aliphatic heterocycles. The van der Waals surface area contributed by atoms with Gasteiger partial charge in [0.1, 0.15) is 0 Å². The molecule has 0 saturated carbocycles. The predicted molar refractivity (Wildman–Crippen MR) is 139 cm³/mol. The molecule has 2 saturated heterocycles. The molecule has 1 aromatic heterocycles. The molecule has 2 amide bonds. The fourth-order valence-electron chi connectivity index (χ4n) is 6.12. The van der Waals surface area contributed by atoms with Gasteiger partial charge in [0.15, 0.2) is 0 Å². The Balaban J connectivity index is 1.46. The van der Waals surface area contributed by atoms with Gasteiger partial charge in [-0.15, -0.1) is 0 Å². The van der Waals surface area contributed by atoms with E-state index < -0.39 is 0 Å². The zero-order valence-electron chi connectivity index (χ0n) is 21.3. The van der Waals surface area contributed by atoms with E-state index in [-0.39, 0.29) is 24.0 Å². The summed E-state index contributed by atoms with van der Waals surface area (Å²) in [5, 5.41) is 0. The summed E-state index contributed by atoms with van der Waals surface area (Å²) in [4.78, 5) is 37.2. The van der Waals surface area contributed by atoms with Crippen LogP contribution in [0, 0.1) is 0 Å². The van der Waals surface area contributed by atoms with E-state index >= 15 is 0 Å². The Kier molecular flexibility index (Phi) is 7.97. The van der Waals surface area contributed by atoms with Crippen LogP contribution in [0.15, 0.2) is 48.8 Å². The largest absolute Gasteiger partial charge is 0.378 e. The molecule has 1 aromatic carbocycles. The third kappa shape index (κ3) is 5.79. The van der Waals surface area contributed by atoms with Gasteiger partial charge in [-0.1, -0.05) is 18.2 Å². The van der Waals surface area contributed by atoms with E-state index in [0.29, 0.717) is 32.1 Å². The summed E-state index contributed by atoms with van der Waals surface area (Å²) < 4.78 is 5.92. The number of rotatable bonds is 4. The molecule has 7 heteroatoms. The van der Waals surface area contributed by atoms with Crippen LogP contribution in [-0.2, 0) is 27.4 Å². The fourth-order valence-corrected chi connectivity index (χ4v) is 6.12. The molecular weight excluding hydrogens is 452 g/mol. The minimum absolute atomic E-state index is 0.0117. The van der Waals surface area contributed by atoms with E-state index in [0.717, 1.165) is 62.9 Å². The summed E-state index contributed by atoms with van der Waals surface area (Å²) >= 11 is 0. The van der Waals surface area contributed by atoms with Crippen LogP contribution in [0.25, 0.3) is 0 Å². The number of fused-ring (bicyclic) bond motifs is 3. The van der Waals surface area contributed by atoms with E-state index in [4.69, 9.17) is 4.74 Å². The molecule has 2 fully saturated rings. The lowest BCUT2D eigenvalue weighted by molar-refractivity contribution is -0.136. The van der Waals surface area contributed by atoms with Gasteiger partial charge in [0.25, 0.3) is 0 Å². The molecule has 2 bridgehead atoms. The second kappa shape index (κ2) is 11.5. The van der Waals surface area contributed by atoms with Crippen LogP contribution < -0.4 is 4.90 Å². The normalized spacial score (nSPS) is 25.2. The number of hydrogen-bond acceptors (Lipinski definition) is 5. The van der Waals surface area contributed by atoms with Gasteiger partial charge in [-0.05, 0) is 67.9 Å². The maximum Gasteiger partial charge on any atom is 0.225 e. The van der Waals surface area contributed by atoms with E-state index in [1.807, 2.05) is 40.4 Å². The lowest BCUT2D eigenvalue weighted by atomic mass is 10.0. The van der Waals surface area contributed by atoms with Crippen LogP contribution >= 0.6 is 0 Å². The molecule has 3 unspecified atom stereocenters. The highest BCUT2D eigenvalue weighted by Gasteiger charge is 2.37. The standard InChI is InChI=1S/C29H38N4O3/c1-22(34)32-16-13-25-9-10-26(33(25)19-23-11-14-30-15-12-23)21-31(20-24-6-2-3-8-28(24)32)29(35)18-27-7-4-5-17-36-27/h2-3,6,8,11-12,14-15,25-27H,4-5,7,9-10,13,16-21H2,1H3. The van der Waals surface area contributed by atoms with Gasteiger partial charge >= 0.3 is 0 Å². The maximum atomic E-state index is 13.7. The van der Waals surface area contributed by atoms with Crippen molar-refractivity contribution in [3.05, 3.63) is 59.9 Å². The number of hydrogen-bond donors (Lipinski definition) is 0. The molecule has 3 aliphatic rings. The lowest BCUT2D eigenvalue weighted by Gasteiger charge is -2.34. The summed E-state index contributed by atoms with van der Waals surface area (Å²) in [6, 6.07) is 12.9. The zero-order chi connectivity index (χ0) is 24.9. The Hall–Kier alpha value is -2.77. The van der Waals surface area contributed by atoms with Gasteiger partial charge < -0.3 is 14.5 Å². The van der Waals surface area contributed by atoms with Gasteiger partial charge in [0.05, 0.1) is 12.5 Å². The van der Waals surface area contributed by atoms with Crippen LogP contribution in [-0.4, -0.2) is 64.5 Å². The van der Waals surface area contributed by atoms with Crippen LogP contribution in [0.2, 0.25) is 0 Å². The Morgan fingerprint density at radius 2 is 1.81 bits per heavy atom. The number of ether oxygens (including phenoxy) is 1. The number of anilines is 1. The molecule has 192 valence electrons. The average molecular weight is 491 g/mol. The van der Waals surface area contributed by atoms with Crippen molar-refractivity contribution in [3.63, 3.8) is 0 Å². The fraction of sp³-hybridized carbons (Fsp3) is 0.552. The summed E-state index contributed by atoms with van der Waals surface area (Å²) in [6.45, 7) is 5.11. The number of nitrogens with zero attached hydrogens (tertiary/aromatic N) is 4. The van der Waals surface area contributed by atoms with Crippen molar-refractivity contribution in [2.24, 2.45) is 0 Å². The van der Waals surface area contributed by atoms with Gasteiger partial charge in [-0.25, -0.2) is 0 Å². The Morgan fingerprint density at radius 3 is 2.58 bits per heavy atom. The molecule has 7 nitrogen and oxygen atoms in total. The highest BCUT2D eigenvalue weighted by Crippen LogP contribution is 2.33. The van der Waals surface area contributed by atoms with Gasteiger partial charge in [-0.2, -0.15) is 0 Å². The summed E-state index contributed by atoms with van der Waals surface area (Å²) in [6.07, 6.45) is 10.3. The Bertz CT molecular complexity index is 1040. The highest BCUT2D eigenvalue weighted by atomic mass is 16.5. The maximum absolute atomic E-state index is 13.7. The Morgan fingerprint density at radius 1 is 1.00 bits per heavy atom. The molecule has 3 atom stereocenters. The summed E-state index contributed by atoms with van der Waals surface area (Å²) in [5.74, 6) is 0.197. The summed E-state index contributed by atoms with van der Waals surface area (Å²) in [7, 11) is 0. The topological polar surface area (TPSA) is 66.0 Å². The quantitative estimate of drug-likeness (QED) is 0.644. The molecule has 5 rings (SSSR count). The van der Waals surface area contributed by atoms with Crippen LogP contribution in [0.5, 0.6) is 0 Å². The van der Waals surface area contributed by atoms with Crippen LogP contribution in [0.1, 0.15) is 63.0 Å². The van der Waals surface area contributed by atoms with Crippen LogP contribution in [0.3, 0.4) is 0 Å². The smallest absolute Gasteiger partial charge is 0.225 e. The third-order valence-electron chi connectivity index (χ3n) is 8.06. The number of carbonyl (C=O) groups is 2. The van der Waals surface area contributed by atoms with Gasteiger partial charge in [-0.3, -0.25) is 19.5 Å². The van der Waals surface area contributed by atoms with Crippen molar-refractivity contribution >= 4 is 17.5 Å². The van der Waals surface area contributed by atoms with E-state index in [1.165, 1.54) is 5.56 Å². The van der Waals surface area contributed by atoms with E-state index in [9.17, 15) is 9.59 Å². The van der Waals surface area contributed by atoms with E-state index in [2.05, 4.69) is 28.1 Å². The molecule has 2 aromatic rings. The van der Waals surface area contributed by atoms with Gasteiger partial charge in [0.2, 0.25) is 11.8 Å². The molecular formula is C29H38N4O3. The molecule has 36 heavy (non-hydrogen) atoms. The van der Waals surface area contributed by atoms with Crippen LogP contribution in [0.4, 0.5) is 5.69 Å². The number of para-hydroxylation sites is 1. The third-order valence-corrected chi connectivity index (χ3v) is 8.06. The second-order valence-electron chi connectivity index (χ2n) is 10.5. The average Bonchev–Trinajstić information content (AvgIpc) is 3.25. The molecule has 0 N–H and O–H groups in total. The number of pyridine rings is 1. The first-order valence-electron chi connectivity index (χ1n) is 13.5. The zero-order valence-corrected chi connectivity index (χ0v) is 21.3. The van der Waals surface area contributed by atoms with Crippen molar-refractivity contribution in [2.75, 3.05) is 24.6 Å². The number of amides is 2. The lowest BCUT2D eigenvalue weighted by Crippen LogP contribution is -2.45. The minimum Gasteiger partial charge on any atom is -0.378 e. The van der Waals surface area contributed by atoms with Crippen molar-refractivity contribution in [1.29, 1.82) is 0 Å². The molecule has 0 aliphatic carbocycles. The summed E-state index contributed by atoms with van der Waals surface area (Å²) in [5.41, 5.74) is 3.19. The highest BCUT2D eigenvalue weighted by molar-refractivity contribution is 5.92. The van der Waals surface area contributed by atoms with Crippen molar-refractivity contribution < 1.29 is 14.3 Å². The molecule has 4 heterocycles. The SMILES string of the molecule is CC(=O)N1CCC2CCC(CN(C(=O)CC3CCCCO3)Cc3ccccc31)N2Cc1ccncc1. The monoisotopic (exact) mass is 490 g/mol. The first-order valence-corrected chi connectivity index (χ1v) is 13.5. The Labute approximate surface area is 214 Å². The first kappa shape index (κ1) is 24.9.